The Morgan fingerprint density at radius 2 is 1.38 bits per heavy atom. The predicted octanol–water partition coefficient (Wildman–Crippen LogP) is 5.76. The summed E-state index contributed by atoms with van der Waals surface area (Å²) in [5.41, 5.74) is 0.864. The van der Waals surface area contributed by atoms with Crippen LogP contribution in [0.5, 0.6) is 0 Å². The molecule has 0 bridgehead atoms. The van der Waals surface area contributed by atoms with Crippen molar-refractivity contribution in [2.75, 3.05) is 0 Å². The standard InChI is InChI=1S/C8H5ClFN.C7H5Cl2F/c9-7-2-1-6(3-4-11)8(10)5-7;8-4-5-1-2-6(9)3-7(5)10/h1-2,5H,3H2;1-3H,4H2. The van der Waals surface area contributed by atoms with Crippen LogP contribution in [0.2, 0.25) is 10.0 Å². The van der Waals surface area contributed by atoms with Gasteiger partial charge in [0.05, 0.1) is 18.4 Å². The van der Waals surface area contributed by atoms with Crippen molar-refractivity contribution in [2.24, 2.45) is 0 Å². The molecule has 0 amide bonds. The molecule has 2 aromatic rings. The lowest BCUT2D eigenvalue weighted by Crippen LogP contribution is -1.86. The Labute approximate surface area is 136 Å². The number of alkyl halides is 1. The lowest BCUT2D eigenvalue weighted by Gasteiger charge is -1.96. The molecule has 0 radical (unpaired) electrons. The van der Waals surface area contributed by atoms with E-state index in [1.807, 2.05) is 6.07 Å². The molecule has 0 spiro atoms. The van der Waals surface area contributed by atoms with Crippen LogP contribution in [-0.2, 0) is 12.3 Å². The van der Waals surface area contributed by atoms with E-state index in [0.717, 1.165) is 0 Å². The number of nitrogens with zero attached hydrogens (tertiary/aromatic N) is 1. The average molecular weight is 349 g/mol. The first kappa shape index (κ1) is 17.7. The van der Waals surface area contributed by atoms with Gasteiger partial charge in [0.15, 0.2) is 0 Å². The summed E-state index contributed by atoms with van der Waals surface area (Å²) in [5.74, 6) is -0.579. The third-order valence-electron chi connectivity index (χ3n) is 2.44. The summed E-state index contributed by atoms with van der Waals surface area (Å²) in [6, 6.07) is 10.6. The van der Waals surface area contributed by atoms with E-state index in [4.69, 9.17) is 40.1 Å². The minimum absolute atomic E-state index is 0.0863. The maximum atomic E-state index is 12.8. The van der Waals surface area contributed by atoms with Crippen LogP contribution < -0.4 is 0 Å². The third kappa shape index (κ3) is 5.89. The topological polar surface area (TPSA) is 23.8 Å². The lowest BCUT2D eigenvalue weighted by atomic mass is 10.1. The molecule has 1 nitrogen and oxygen atoms in total. The lowest BCUT2D eigenvalue weighted by molar-refractivity contribution is 0.615. The van der Waals surface area contributed by atoms with Crippen LogP contribution in [0.3, 0.4) is 0 Å². The fraction of sp³-hybridized carbons (Fsp3) is 0.133. The molecule has 0 aliphatic rings. The first-order valence-corrected chi connectivity index (χ1v) is 7.07. The summed E-state index contributed by atoms with van der Waals surface area (Å²) in [4.78, 5) is 0. The Bertz CT molecular complexity index is 654. The number of rotatable bonds is 2. The van der Waals surface area contributed by atoms with Gasteiger partial charge in [-0.25, -0.2) is 8.78 Å². The summed E-state index contributed by atoms with van der Waals surface area (Å²) in [5, 5.41) is 9.01. The molecule has 0 atom stereocenters. The normalized spacial score (nSPS) is 9.52. The second-order valence-corrected chi connectivity index (χ2v) is 5.08. The summed E-state index contributed by atoms with van der Waals surface area (Å²) in [6.45, 7) is 0. The predicted molar refractivity (Wildman–Crippen MR) is 81.7 cm³/mol. The van der Waals surface area contributed by atoms with Crippen LogP contribution in [0.15, 0.2) is 36.4 Å². The maximum absolute atomic E-state index is 12.8. The fourth-order valence-electron chi connectivity index (χ4n) is 1.38. The van der Waals surface area contributed by atoms with Gasteiger partial charge in [0.25, 0.3) is 0 Å². The largest absolute Gasteiger partial charge is 0.207 e. The van der Waals surface area contributed by atoms with Crippen molar-refractivity contribution in [3.63, 3.8) is 0 Å². The van der Waals surface area contributed by atoms with Crippen LogP contribution in [0.4, 0.5) is 8.78 Å². The van der Waals surface area contributed by atoms with E-state index < -0.39 is 5.82 Å². The second kappa shape index (κ2) is 8.84. The highest BCUT2D eigenvalue weighted by molar-refractivity contribution is 6.30. The van der Waals surface area contributed by atoms with Gasteiger partial charge in [-0.3, -0.25) is 0 Å². The molecule has 110 valence electrons. The van der Waals surface area contributed by atoms with E-state index in [1.54, 1.807) is 18.2 Å². The van der Waals surface area contributed by atoms with E-state index in [1.165, 1.54) is 18.2 Å². The second-order valence-electron chi connectivity index (χ2n) is 3.94. The first-order chi connectivity index (χ1) is 9.97. The number of hydrogen-bond donors (Lipinski definition) is 0. The van der Waals surface area contributed by atoms with Gasteiger partial charge in [0.1, 0.15) is 11.6 Å². The highest BCUT2D eigenvalue weighted by atomic mass is 35.5. The van der Waals surface area contributed by atoms with Gasteiger partial charge < -0.3 is 0 Å². The zero-order valence-electron chi connectivity index (χ0n) is 10.7. The van der Waals surface area contributed by atoms with E-state index >= 15 is 0 Å². The molecular formula is C15H10Cl3F2N. The molecule has 0 aliphatic carbocycles. The van der Waals surface area contributed by atoms with Crippen LogP contribution in [-0.4, -0.2) is 0 Å². The van der Waals surface area contributed by atoms with Gasteiger partial charge in [0.2, 0.25) is 0 Å². The van der Waals surface area contributed by atoms with Crippen molar-refractivity contribution < 1.29 is 8.78 Å². The zero-order chi connectivity index (χ0) is 15.8. The van der Waals surface area contributed by atoms with Crippen LogP contribution in [0.25, 0.3) is 0 Å². The van der Waals surface area contributed by atoms with Crippen molar-refractivity contribution in [1.82, 2.24) is 0 Å². The summed E-state index contributed by atoms with van der Waals surface area (Å²) < 4.78 is 25.5. The maximum Gasteiger partial charge on any atom is 0.129 e. The molecule has 2 aromatic carbocycles. The van der Waals surface area contributed by atoms with E-state index in [-0.39, 0.29) is 18.1 Å². The van der Waals surface area contributed by atoms with Gasteiger partial charge >= 0.3 is 0 Å². The Balaban J connectivity index is 0.000000211. The van der Waals surface area contributed by atoms with Crippen molar-refractivity contribution >= 4 is 34.8 Å². The van der Waals surface area contributed by atoms with Crippen LogP contribution in [0.1, 0.15) is 11.1 Å². The van der Waals surface area contributed by atoms with E-state index in [9.17, 15) is 8.78 Å². The molecule has 0 aromatic heterocycles. The highest BCUT2D eigenvalue weighted by Crippen LogP contribution is 2.16. The Morgan fingerprint density at radius 3 is 1.76 bits per heavy atom. The molecule has 0 heterocycles. The fourth-order valence-corrected chi connectivity index (χ4v) is 1.91. The summed E-state index contributed by atoms with van der Waals surface area (Å²) in [6.07, 6.45) is 0.0863. The van der Waals surface area contributed by atoms with Gasteiger partial charge in [-0.2, -0.15) is 5.26 Å². The molecule has 2 rings (SSSR count). The Morgan fingerprint density at radius 1 is 0.905 bits per heavy atom. The van der Waals surface area contributed by atoms with E-state index in [2.05, 4.69) is 0 Å². The highest BCUT2D eigenvalue weighted by Gasteiger charge is 2.01. The number of benzene rings is 2. The van der Waals surface area contributed by atoms with Crippen molar-refractivity contribution in [2.45, 2.75) is 12.3 Å². The number of hydrogen-bond acceptors (Lipinski definition) is 1. The Kier molecular flexibility index (Phi) is 7.45. The first-order valence-electron chi connectivity index (χ1n) is 5.78. The minimum Gasteiger partial charge on any atom is -0.207 e. The third-order valence-corrected chi connectivity index (χ3v) is 3.20. The molecular weight excluding hydrogens is 339 g/mol. The molecule has 6 heteroatoms. The molecule has 0 aliphatic heterocycles. The van der Waals surface area contributed by atoms with Gasteiger partial charge in [-0.05, 0) is 24.3 Å². The van der Waals surface area contributed by atoms with Gasteiger partial charge in [0, 0.05) is 21.2 Å². The van der Waals surface area contributed by atoms with E-state index in [0.29, 0.717) is 21.2 Å². The van der Waals surface area contributed by atoms with Gasteiger partial charge in [-0.15, -0.1) is 11.6 Å². The monoisotopic (exact) mass is 347 g/mol. The molecule has 0 saturated carbocycles. The Hall–Kier alpha value is -1.34. The van der Waals surface area contributed by atoms with Crippen LogP contribution in [0, 0.1) is 23.0 Å². The van der Waals surface area contributed by atoms with Crippen molar-refractivity contribution in [1.29, 1.82) is 5.26 Å². The zero-order valence-corrected chi connectivity index (χ0v) is 13.0. The SMILES string of the molecule is Fc1cc(Cl)ccc1CCl.N#CCc1ccc(Cl)cc1F. The molecule has 0 fully saturated rings. The summed E-state index contributed by atoms with van der Waals surface area (Å²) >= 11 is 16.4. The van der Waals surface area contributed by atoms with Crippen molar-refractivity contribution in [3.05, 3.63) is 69.2 Å². The van der Waals surface area contributed by atoms with Crippen molar-refractivity contribution in [3.8, 4) is 6.07 Å². The summed E-state index contributed by atoms with van der Waals surface area (Å²) in [7, 11) is 0. The van der Waals surface area contributed by atoms with Gasteiger partial charge in [-0.1, -0.05) is 35.3 Å². The minimum atomic E-state index is -0.418. The quantitative estimate of drug-likeness (QED) is 0.633. The molecule has 0 N–H and O–H groups in total. The number of halogens is 5. The number of nitriles is 1. The van der Waals surface area contributed by atoms with Crippen LogP contribution >= 0.6 is 34.8 Å². The smallest absolute Gasteiger partial charge is 0.129 e. The molecule has 0 unspecified atom stereocenters. The molecule has 21 heavy (non-hydrogen) atoms. The average Bonchev–Trinajstić information content (AvgIpc) is 2.43. The molecule has 0 saturated heterocycles.